The first kappa shape index (κ1) is 16.6. The Labute approximate surface area is 122 Å². The van der Waals surface area contributed by atoms with E-state index in [4.69, 9.17) is 0 Å². The number of nitro groups is 1. The van der Waals surface area contributed by atoms with Crippen LogP contribution in [0.3, 0.4) is 0 Å². The average molecular weight is 291 g/mol. The van der Waals surface area contributed by atoms with Gasteiger partial charge in [-0.1, -0.05) is 0 Å². The molecule has 0 aliphatic heterocycles. The summed E-state index contributed by atoms with van der Waals surface area (Å²) in [7, 11) is 1.19. The lowest BCUT2D eigenvalue weighted by molar-refractivity contribution is -0.385. The normalized spacial score (nSPS) is 10.7. The maximum absolute atomic E-state index is 12.2. The number of benzene rings is 1. The van der Waals surface area contributed by atoms with Gasteiger partial charge in [0.2, 0.25) is 0 Å². The predicted octanol–water partition coefficient (Wildman–Crippen LogP) is 2.74. The summed E-state index contributed by atoms with van der Waals surface area (Å²) in [4.78, 5) is 34.0. The highest BCUT2D eigenvalue weighted by molar-refractivity contribution is 6.11. The summed E-state index contributed by atoms with van der Waals surface area (Å²) in [6.07, 6.45) is 1.95. The van der Waals surface area contributed by atoms with E-state index in [9.17, 15) is 19.7 Å². The van der Waals surface area contributed by atoms with Crippen molar-refractivity contribution in [3.63, 3.8) is 0 Å². The molecule has 0 heterocycles. The van der Waals surface area contributed by atoms with E-state index in [-0.39, 0.29) is 11.3 Å². The average Bonchev–Trinajstić information content (AvgIpc) is 2.45. The molecule has 0 unspecified atom stereocenters. The standard InChI is InChI=1S/C15H17NO5/c1-8-9(2)11(4)15(16(19)20)14(10(8)3)12(17)6-7-13(18)21-5/h6-7H,1-5H3/b7-6+. The fraction of sp³-hybridized carbons (Fsp3) is 0.333. The van der Waals surface area contributed by atoms with Gasteiger partial charge in [0.1, 0.15) is 5.56 Å². The van der Waals surface area contributed by atoms with Crippen LogP contribution in [0.5, 0.6) is 0 Å². The Bertz CT molecular complexity index is 659. The highest BCUT2D eigenvalue weighted by Crippen LogP contribution is 2.33. The molecule has 1 rings (SSSR count). The Hall–Kier alpha value is -2.50. The third kappa shape index (κ3) is 3.16. The number of hydrogen-bond donors (Lipinski definition) is 0. The summed E-state index contributed by atoms with van der Waals surface area (Å²) >= 11 is 0. The zero-order chi connectivity index (χ0) is 16.3. The van der Waals surface area contributed by atoms with Crippen LogP contribution in [0.25, 0.3) is 0 Å². The van der Waals surface area contributed by atoms with Crippen LogP contribution in [0, 0.1) is 37.8 Å². The van der Waals surface area contributed by atoms with Gasteiger partial charge in [-0.15, -0.1) is 0 Å². The number of allylic oxidation sites excluding steroid dienone is 1. The fourth-order valence-electron chi connectivity index (χ4n) is 2.12. The van der Waals surface area contributed by atoms with Crippen molar-refractivity contribution in [2.45, 2.75) is 27.7 Å². The number of ether oxygens (including phenoxy) is 1. The number of methoxy groups -OCH3 is 1. The molecule has 0 aromatic heterocycles. The summed E-state index contributed by atoms with van der Waals surface area (Å²) in [6, 6.07) is 0. The van der Waals surface area contributed by atoms with Crippen LogP contribution in [-0.2, 0) is 9.53 Å². The Morgan fingerprint density at radius 2 is 1.52 bits per heavy atom. The molecule has 0 fully saturated rings. The third-order valence-electron chi connectivity index (χ3n) is 3.66. The summed E-state index contributed by atoms with van der Waals surface area (Å²) in [5.74, 6) is -1.28. The highest BCUT2D eigenvalue weighted by Gasteiger charge is 2.27. The molecule has 6 heteroatoms. The van der Waals surface area contributed by atoms with Gasteiger partial charge in [0.15, 0.2) is 5.78 Å². The van der Waals surface area contributed by atoms with Crippen molar-refractivity contribution in [3.05, 3.63) is 50.1 Å². The van der Waals surface area contributed by atoms with Crippen LogP contribution in [0.15, 0.2) is 12.2 Å². The van der Waals surface area contributed by atoms with Crippen molar-refractivity contribution >= 4 is 17.4 Å². The minimum atomic E-state index is -0.691. The molecule has 0 N–H and O–H groups in total. The van der Waals surface area contributed by atoms with Gasteiger partial charge >= 0.3 is 5.97 Å². The number of ketones is 1. The van der Waals surface area contributed by atoms with Gasteiger partial charge in [-0.3, -0.25) is 14.9 Å². The molecule has 0 spiro atoms. The predicted molar refractivity (Wildman–Crippen MR) is 77.5 cm³/mol. The number of nitrogens with zero attached hydrogens (tertiary/aromatic N) is 1. The van der Waals surface area contributed by atoms with Gasteiger partial charge in [-0.2, -0.15) is 0 Å². The Balaban J connectivity index is 3.55. The van der Waals surface area contributed by atoms with E-state index in [0.29, 0.717) is 11.1 Å². The van der Waals surface area contributed by atoms with Crippen molar-refractivity contribution in [1.82, 2.24) is 0 Å². The second-order valence-electron chi connectivity index (χ2n) is 4.70. The van der Waals surface area contributed by atoms with Crippen LogP contribution in [0.1, 0.15) is 32.6 Å². The molecule has 0 atom stereocenters. The van der Waals surface area contributed by atoms with Gasteiger partial charge in [-0.25, -0.2) is 4.79 Å². The van der Waals surface area contributed by atoms with Crippen molar-refractivity contribution in [2.24, 2.45) is 0 Å². The van der Waals surface area contributed by atoms with Crippen molar-refractivity contribution in [1.29, 1.82) is 0 Å². The van der Waals surface area contributed by atoms with E-state index in [1.165, 1.54) is 7.11 Å². The zero-order valence-corrected chi connectivity index (χ0v) is 12.6. The molecule has 112 valence electrons. The monoisotopic (exact) mass is 291 g/mol. The van der Waals surface area contributed by atoms with E-state index < -0.39 is 16.7 Å². The highest BCUT2D eigenvalue weighted by atomic mass is 16.6. The Morgan fingerprint density at radius 3 is 2.00 bits per heavy atom. The van der Waals surface area contributed by atoms with Gasteiger partial charge in [0.25, 0.3) is 5.69 Å². The zero-order valence-electron chi connectivity index (χ0n) is 12.6. The number of carbonyl (C=O) groups excluding carboxylic acids is 2. The summed E-state index contributed by atoms with van der Waals surface area (Å²) < 4.78 is 4.40. The van der Waals surface area contributed by atoms with Gasteiger partial charge in [0, 0.05) is 11.6 Å². The maximum Gasteiger partial charge on any atom is 0.330 e. The smallest absolute Gasteiger partial charge is 0.330 e. The molecule has 0 radical (unpaired) electrons. The van der Waals surface area contributed by atoms with Gasteiger partial charge in [0.05, 0.1) is 12.0 Å². The number of esters is 1. The minimum Gasteiger partial charge on any atom is -0.466 e. The maximum atomic E-state index is 12.2. The van der Waals surface area contributed by atoms with E-state index >= 15 is 0 Å². The second kappa shape index (κ2) is 6.30. The molecule has 0 aliphatic rings. The molecule has 0 amide bonds. The first-order chi connectivity index (χ1) is 9.72. The molecule has 0 saturated carbocycles. The summed E-state index contributed by atoms with van der Waals surface area (Å²) in [5, 5.41) is 11.3. The number of hydrogen-bond acceptors (Lipinski definition) is 5. The van der Waals surface area contributed by atoms with Crippen molar-refractivity contribution in [2.75, 3.05) is 7.11 Å². The Kier molecular flexibility index (Phi) is 4.97. The van der Waals surface area contributed by atoms with Crippen molar-refractivity contribution in [3.8, 4) is 0 Å². The second-order valence-corrected chi connectivity index (χ2v) is 4.70. The van der Waals surface area contributed by atoms with E-state index in [2.05, 4.69) is 4.74 Å². The lowest BCUT2D eigenvalue weighted by Crippen LogP contribution is -2.10. The molecule has 21 heavy (non-hydrogen) atoms. The number of carbonyl (C=O) groups is 2. The molecule has 0 aliphatic carbocycles. The van der Waals surface area contributed by atoms with Crippen LogP contribution in [0.4, 0.5) is 5.69 Å². The fourth-order valence-corrected chi connectivity index (χ4v) is 2.12. The molecule has 0 bridgehead atoms. The summed E-state index contributed by atoms with van der Waals surface area (Å²) in [6.45, 7) is 6.86. The van der Waals surface area contributed by atoms with E-state index in [1.54, 1.807) is 20.8 Å². The quantitative estimate of drug-likeness (QED) is 0.280. The molecule has 1 aromatic carbocycles. The first-order valence-corrected chi connectivity index (χ1v) is 6.27. The lowest BCUT2D eigenvalue weighted by Gasteiger charge is -2.13. The topological polar surface area (TPSA) is 86.5 Å². The third-order valence-corrected chi connectivity index (χ3v) is 3.66. The molecular weight excluding hydrogens is 274 g/mol. The van der Waals surface area contributed by atoms with Gasteiger partial charge in [-0.05, 0) is 50.5 Å². The number of rotatable bonds is 4. The van der Waals surface area contributed by atoms with Crippen molar-refractivity contribution < 1.29 is 19.2 Å². The van der Waals surface area contributed by atoms with Gasteiger partial charge < -0.3 is 4.74 Å². The largest absolute Gasteiger partial charge is 0.466 e. The SMILES string of the molecule is COC(=O)/C=C/C(=O)c1c(C)c(C)c(C)c(C)c1[N+](=O)[O-]. The first-order valence-electron chi connectivity index (χ1n) is 6.27. The number of nitro benzene ring substituents is 1. The van der Waals surface area contributed by atoms with Crippen LogP contribution < -0.4 is 0 Å². The molecule has 6 nitrogen and oxygen atoms in total. The molecule has 1 aromatic rings. The van der Waals surface area contributed by atoms with E-state index in [1.807, 2.05) is 6.92 Å². The molecular formula is C15H17NO5. The minimum absolute atomic E-state index is 0.0146. The lowest BCUT2D eigenvalue weighted by atomic mass is 9.90. The Morgan fingerprint density at radius 1 is 1.00 bits per heavy atom. The van der Waals surface area contributed by atoms with Crippen LogP contribution in [-0.4, -0.2) is 23.8 Å². The van der Waals surface area contributed by atoms with Crippen LogP contribution in [0.2, 0.25) is 0 Å². The van der Waals surface area contributed by atoms with E-state index in [0.717, 1.165) is 23.3 Å². The van der Waals surface area contributed by atoms with Crippen LogP contribution >= 0.6 is 0 Å². The molecule has 0 saturated heterocycles. The summed E-state index contributed by atoms with van der Waals surface area (Å²) in [5.41, 5.74) is 2.42.